The van der Waals surface area contributed by atoms with Crippen LogP contribution in [0.1, 0.15) is 18.4 Å². The quantitative estimate of drug-likeness (QED) is 0.470. The maximum atomic E-state index is 13.1. The van der Waals surface area contributed by atoms with Crippen LogP contribution in [-0.2, 0) is 16.3 Å². The van der Waals surface area contributed by atoms with Gasteiger partial charge in [0.15, 0.2) is 0 Å². The van der Waals surface area contributed by atoms with Crippen LogP contribution in [0.3, 0.4) is 0 Å². The van der Waals surface area contributed by atoms with E-state index in [1.54, 1.807) is 0 Å². The first-order chi connectivity index (χ1) is 12.4. The third-order valence-corrected chi connectivity index (χ3v) is 4.69. The second kappa shape index (κ2) is 7.79. The molecule has 148 valence electrons. The van der Waals surface area contributed by atoms with E-state index >= 15 is 0 Å². The molecule has 0 N–H and O–H groups in total. The van der Waals surface area contributed by atoms with Crippen LogP contribution in [0.2, 0.25) is 0 Å². The molecule has 0 saturated carbocycles. The number of rotatable bonds is 6. The summed E-state index contributed by atoms with van der Waals surface area (Å²) in [6.07, 6.45) is -11.1. The van der Waals surface area contributed by atoms with Crippen molar-refractivity contribution in [3.63, 3.8) is 0 Å². The first-order valence-electron chi connectivity index (χ1n) is 7.63. The predicted octanol–water partition coefficient (Wildman–Crippen LogP) is 5.42. The normalized spacial score (nSPS) is 12.8. The van der Waals surface area contributed by atoms with Gasteiger partial charge >= 0.3 is 22.5 Å². The molecule has 10 heteroatoms. The van der Waals surface area contributed by atoms with Gasteiger partial charge in [-0.2, -0.15) is 34.8 Å². The van der Waals surface area contributed by atoms with E-state index in [0.717, 1.165) is 12.1 Å². The van der Waals surface area contributed by atoms with Gasteiger partial charge in [-0.3, -0.25) is 0 Å². The lowest BCUT2D eigenvalue weighted by molar-refractivity contribution is -0.137. The van der Waals surface area contributed by atoms with Crippen LogP contribution in [-0.4, -0.2) is 20.3 Å². The number of benzene rings is 2. The molecular weight excluding hydrogens is 398 g/mol. The van der Waals surface area contributed by atoms with Gasteiger partial charge in [-0.1, -0.05) is 30.3 Å². The molecule has 2 rings (SSSR count). The van der Waals surface area contributed by atoms with Gasteiger partial charge in [-0.05, 0) is 35.7 Å². The molecule has 0 aliphatic rings. The minimum Gasteiger partial charge on any atom is -0.382 e. The summed E-state index contributed by atoms with van der Waals surface area (Å²) in [5.41, 5.74) is -1.02. The summed E-state index contributed by atoms with van der Waals surface area (Å²) in [6.45, 7) is 0. The van der Waals surface area contributed by atoms with Crippen molar-refractivity contribution < 1.29 is 38.9 Å². The fraction of sp³-hybridized carbons (Fsp3) is 0.294. The largest absolute Gasteiger partial charge is 0.417 e. The zero-order valence-corrected chi connectivity index (χ0v) is 14.5. The summed E-state index contributed by atoms with van der Waals surface area (Å²) >= 11 is 0. The minimum atomic E-state index is -4.61. The zero-order valence-electron chi connectivity index (χ0n) is 13.6. The molecule has 0 heterocycles. The third-order valence-electron chi connectivity index (χ3n) is 3.46. The average molecular weight is 412 g/mol. The molecule has 0 radical (unpaired) electrons. The highest BCUT2D eigenvalue weighted by molar-refractivity contribution is 7.87. The molecule has 3 nitrogen and oxygen atoms in total. The van der Waals surface area contributed by atoms with Gasteiger partial charge in [-0.25, -0.2) is 0 Å². The molecule has 27 heavy (non-hydrogen) atoms. The van der Waals surface area contributed by atoms with Crippen LogP contribution >= 0.6 is 0 Å². The monoisotopic (exact) mass is 412 g/mol. The SMILES string of the molecule is O=S(=O)(CCCC(F)(F)F)Oc1cccc(-c2ccccc2C(F)(F)F)c1. The summed E-state index contributed by atoms with van der Waals surface area (Å²) in [5.74, 6) is -1.15. The zero-order chi connectivity index (χ0) is 20.3. The van der Waals surface area contributed by atoms with Gasteiger partial charge in [0.25, 0.3) is 0 Å². The van der Waals surface area contributed by atoms with Gasteiger partial charge in [0.2, 0.25) is 0 Å². The Bertz CT molecular complexity index is 888. The molecule has 0 atom stereocenters. The summed E-state index contributed by atoms with van der Waals surface area (Å²) < 4.78 is 104. The Morgan fingerprint density at radius 3 is 2.19 bits per heavy atom. The molecule has 2 aromatic carbocycles. The van der Waals surface area contributed by atoms with Gasteiger partial charge in [0.1, 0.15) is 5.75 Å². The highest BCUT2D eigenvalue weighted by Crippen LogP contribution is 2.37. The van der Waals surface area contributed by atoms with Crippen molar-refractivity contribution in [2.45, 2.75) is 25.2 Å². The Morgan fingerprint density at radius 2 is 1.56 bits per heavy atom. The lowest BCUT2D eigenvalue weighted by Crippen LogP contribution is -2.16. The molecule has 0 aromatic heterocycles. The molecule has 0 saturated heterocycles. The minimum absolute atomic E-state index is 0.0610. The van der Waals surface area contributed by atoms with E-state index < -0.39 is 46.6 Å². The Morgan fingerprint density at radius 1 is 0.889 bits per heavy atom. The van der Waals surface area contributed by atoms with Crippen molar-refractivity contribution in [2.24, 2.45) is 0 Å². The molecule has 0 amide bonds. The molecule has 2 aromatic rings. The van der Waals surface area contributed by atoms with Gasteiger partial charge in [-0.15, -0.1) is 0 Å². The molecular formula is C17H14F6O3S. The molecule has 0 spiro atoms. The second-order valence-electron chi connectivity index (χ2n) is 5.64. The van der Waals surface area contributed by atoms with E-state index in [9.17, 15) is 34.8 Å². The summed E-state index contributed by atoms with van der Waals surface area (Å²) in [4.78, 5) is 0. The van der Waals surface area contributed by atoms with Crippen LogP contribution < -0.4 is 4.18 Å². The van der Waals surface area contributed by atoms with Crippen LogP contribution in [0, 0.1) is 0 Å². The first-order valence-corrected chi connectivity index (χ1v) is 9.21. The topological polar surface area (TPSA) is 43.4 Å². The second-order valence-corrected chi connectivity index (χ2v) is 7.33. The smallest absolute Gasteiger partial charge is 0.382 e. The maximum Gasteiger partial charge on any atom is 0.417 e. The Hall–Kier alpha value is -2.23. The number of alkyl halides is 6. The van der Waals surface area contributed by atoms with Gasteiger partial charge < -0.3 is 4.18 Å². The van der Waals surface area contributed by atoms with Crippen molar-refractivity contribution in [1.29, 1.82) is 0 Å². The van der Waals surface area contributed by atoms with Crippen molar-refractivity contribution >= 4 is 10.1 Å². The summed E-state index contributed by atoms with van der Waals surface area (Å²) in [6, 6.07) is 9.64. The van der Waals surface area contributed by atoms with Crippen molar-refractivity contribution in [3.05, 3.63) is 54.1 Å². The molecule has 0 aliphatic heterocycles. The van der Waals surface area contributed by atoms with Crippen molar-refractivity contribution in [3.8, 4) is 16.9 Å². The highest BCUT2D eigenvalue weighted by atomic mass is 32.2. The van der Waals surface area contributed by atoms with E-state index in [1.165, 1.54) is 36.4 Å². The first kappa shape index (κ1) is 21.1. The Kier molecular flexibility index (Phi) is 6.08. The van der Waals surface area contributed by atoms with E-state index in [1.807, 2.05) is 0 Å². The molecule has 0 aliphatic carbocycles. The van der Waals surface area contributed by atoms with Gasteiger partial charge in [0, 0.05) is 6.42 Å². The molecule has 0 fully saturated rings. The lowest BCUT2D eigenvalue weighted by Gasteiger charge is -2.14. The highest BCUT2D eigenvalue weighted by Gasteiger charge is 2.33. The van der Waals surface area contributed by atoms with Crippen molar-refractivity contribution in [2.75, 3.05) is 5.75 Å². The van der Waals surface area contributed by atoms with Crippen LogP contribution in [0.15, 0.2) is 48.5 Å². The lowest BCUT2D eigenvalue weighted by atomic mass is 9.99. The van der Waals surface area contributed by atoms with E-state index in [-0.39, 0.29) is 16.9 Å². The maximum absolute atomic E-state index is 13.1. The fourth-order valence-electron chi connectivity index (χ4n) is 2.34. The summed E-state index contributed by atoms with van der Waals surface area (Å²) in [5, 5.41) is 0. The van der Waals surface area contributed by atoms with Gasteiger partial charge in [0.05, 0.1) is 11.3 Å². The van der Waals surface area contributed by atoms with Crippen LogP contribution in [0.5, 0.6) is 5.75 Å². The third kappa shape index (κ3) is 6.46. The van der Waals surface area contributed by atoms with Crippen LogP contribution in [0.25, 0.3) is 11.1 Å². The van der Waals surface area contributed by atoms with E-state index in [4.69, 9.17) is 4.18 Å². The average Bonchev–Trinajstić information content (AvgIpc) is 2.52. The Labute approximate surface area is 151 Å². The predicted molar refractivity (Wildman–Crippen MR) is 86.6 cm³/mol. The fourth-order valence-corrected chi connectivity index (χ4v) is 3.31. The number of halogens is 6. The molecule has 0 bridgehead atoms. The number of hydrogen-bond donors (Lipinski definition) is 0. The molecule has 0 unspecified atom stereocenters. The number of hydrogen-bond acceptors (Lipinski definition) is 3. The standard InChI is InChI=1S/C17H14F6O3S/c18-16(19,20)9-4-10-27(24,25)26-13-6-3-5-12(11-13)14-7-1-2-8-15(14)17(21,22)23/h1-3,5-8,11H,4,9-10H2. The van der Waals surface area contributed by atoms with Crippen LogP contribution in [0.4, 0.5) is 26.3 Å². The van der Waals surface area contributed by atoms with E-state index in [0.29, 0.717) is 0 Å². The van der Waals surface area contributed by atoms with Crippen molar-refractivity contribution in [1.82, 2.24) is 0 Å². The van der Waals surface area contributed by atoms with E-state index in [2.05, 4.69) is 0 Å². The Balaban J connectivity index is 2.22. The summed E-state index contributed by atoms with van der Waals surface area (Å²) in [7, 11) is -4.32.